The highest BCUT2D eigenvalue weighted by Crippen LogP contribution is 2.33. The van der Waals surface area contributed by atoms with Crippen molar-refractivity contribution in [3.05, 3.63) is 53.1 Å². The van der Waals surface area contributed by atoms with Gasteiger partial charge in [-0.1, -0.05) is 18.2 Å². The molecule has 1 aliphatic rings. The first kappa shape index (κ1) is 13.8. The molecule has 0 bridgehead atoms. The van der Waals surface area contributed by atoms with Gasteiger partial charge in [0.15, 0.2) is 11.5 Å². The summed E-state index contributed by atoms with van der Waals surface area (Å²) in [7, 11) is 0. The van der Waals surface area contributed by atoms with Crippen molar-refractivity contribution < 1.29 is 17.9 Å². The molecule has 0 saturated carbocycles. The largest absolute Gasteiger partial charge is 0.486 e. The number of hydrogen-bond donors (Lipinski definition) is 1. The summed E-state index contributed by atoms with van der Waals surface area (Å²) in [5, 5.41) is 2.86. The van der Waals surface area contributed by atoms with E-state index in [0.29, 0.717) is 18.0 Å². The fourth-order valence-electron chi connectivity index (χ4n) is 2.18. The van der Waals surface area contributed by atoms with Crippen molar-refractivity contribution >= 4 is 0 Å². The molecule has 21 heavy (non-hydrogen) atoms. The Bertz CT molecular complexity index is 644. The molecular weight excluding hydrogens is 283 g/mol. The third kappa shape index (κ3) is 2.97. The Labute approximate surface area is 119 Å². The Morgan fingerprint density at radius 3 is 2.57 bits per heavy atom. The summed E-state index contributed by atoms with van der Waals surface area (Å²) in [6, 6.07) is 8.83. The molecule has 0 fully saturated rings. The third-order valence-corrected chi connectivity index (χ3v) is 3.11. The summed E-state index contributed by atoms with van der Waals surface area (Å²) < 4.78 is 44.5. The molecule has 7 heteroatoms. The normalized spacial score (nSPS) is 14.0. The van der Waals surface area contributed by atoms with E-state index in [9.17, 15) is 13.2 Å². The van der Waals surface area contributed by atoms with Crippen molar-refractivity contribution in [1.29, 1.82) is 0 Å². The maximum Gasteiger partial charge on any atom is 0.433 e. The van der Waals surface area contributed by atoms with Gasteiger partial charge in [0.2, 0.25) is 0 Å². The van der Waals surface area contributed by atoms with E-state index in [4.69, 9.17) is 4.74 Å². The van der Waals surface area contributed by atoms with Crippen molar-refractivity contribution in [2.24, 2.45) is 0 Å². The molecule has 1 aromatic carbocycles. The molecule has 1 aliphatic heterocycles. The van der Waals surface area contributed by atoms with E-state index in [1.165, 1.54) is 0 Å². The summed E-state index contributed by atoms with van der Waals surface area (Å²) in [4.78, 5) is 7.77. The molecule has 0 saturated heterocycles. The number of ether oxygens (including phenoxy) is 1. The van der Waals surface area contributed by atoms with Gasteiger partial charge in [-0.25, -0.2) is 9.97 Å². The molecule has 2 aromatic rings. The average molecular weight is 295 g/mol. The van der Waals surface area contributed by atoms with Gasteiger partial charge < -0.3 is 10.1 Å². The van der Waals surface area contributed by atoms with E-state index in [1.807, 2.05) is 6.07 Å². The lowest BCUT2D eigenvalue weighted by Crippen LogP contribution is -2.16. The van der Waals surface area contributed by atoms with Crippen LogP contribution < -0.4 is 10.1 Å². The van der Waals surface area contributed by atoms with E-state index >= 15 is 0 Å². The molecule has 1 N–H and O–H groups in total. The number of halogens is 3. The zero-order valence-corrected chi connectivity index (χ0v) is 10.9. The van der Waals surface area contributed by atoms with Crippen LogP contribution in [0.15, 0.2) is 30.3 Å². The zero-order chi connectivity index (χ0) is 14.9. The number of hydrogen-bond acceptors (Lipinski definition) is 4. The maximum absolute atomic E-state index is 13.0. The Balaban J connectivity index is 1.86. The van der Waals surface area contributed by atoms with Gasteiger partial charge in [-0.2, -0.15) is 13.2 Å². The minimum atomic E-state index is -4.49. The molecule has 1 aromatic heterocycles. The van der Waals surface area contributed by atoms with Gasteiger partial charge in [0.1, 0.15) is 12.4 Å². The van der Waals surface area contributed by atoms with E-state index in [1.54, 1.807) is 24.3 Å². The number of para-hydroxylation sites is 1. The number of nitrogens with one attached hydrogen (secondary N) is 1. The number of aromatic nitrogens is 2. The Hall–Kier alpha value is -2.15. The Kier molecular flexibility index (Phi) is 3.50. The van der Waals surface area contributed by atoms with Crippen LogP contribution in [0.25, 0.3) is 0 Å². The van der Waals surface area contributed by atoms with E-state index < -0.39 is 11.9 Å². The summed E-state index contributed by atoms with van der Waals surface area (Å²) in [5.74, 6) is 0.599. The molecule has 3 rings (SSSR count). The molecule has 0 radical (unpaired) electrons. The van der Waals surface area contributed by atoms with Crippen molar-refractivity contribution in [3.8, 4) is 5.75 Å². The Morgan fingerprint density at radius 1 is 1.10 bits per heavy atom. The van der Waals surface area contributed by atoms with E-state index in [0.717, 1.165) is 0 Å². The monoisotopic (exact) mass is 295 g/mol. The fourth-order valence-corrected chi connectivity index (χ4v) is 2.18. The van der Waals surface area contributed by atoms with Gasteiger partial charge in [-0.05, 0) is 12.1 Å². The lowest BCUT2D eigenvalue weighted by Gasteiger charge is -2.12. The molecule has 0 aliphatic carbocycles. The average Bonchev–Trinajstić information content (AvgIpc) is 2.92. The summed E-state index contributed by atoms with van der Waals surface area (Å²) in [5.41, 5.74) is -0.348. The molecule has 0 amide bonds. The predicted molar refractivity (Wildman–Crippen MR) is 68.4 cm³/mol. The lowest BCUT2D eigenvalue weighted by atomic mass is 10.2. The molecular formula is C14H12F3N3O. The zero-order valence-electron chi connectivity index (χ0n) is 10.9. The molecule has 0 spiro atoms. The minimum absolute atomic E-state index is 0.0358. The van der Waals surface area contributed by atoms with Gasteiger partial charge in [-0.15, -0.1) is 0 Å². The SMILES string of the molecule is FC(F)(F)c1nc(COc2ccccc2)nc2c1CNC2. The van der Waals surface area contributed by atoms with Crippen molar-refractivity contribution in [2.75, 3.05) is 0 Å². The van der Waals surface area contributed by atoms with Crippen LogP contribution in [0.2, 0.25) is 0 Å². The lowest BCUT2D eigenvalue weighted by molar-refractivity contribution is -0.142. The van der Waals surface area contributed by atoms with E-state index in [2.05, 4.69) is 15.3 Å². The number of rotatable bonds is 3. The maximum atomic E-state index is 13.0. The topological polar surface area (TPSA) is 47.0 Å². The number of fused-ring (bicyclic) bond motifs is 1. The standard InChI is InChI=1S/C14H12F3N3O/c15-14(16,17)13-10-6-18-7-11(10)19-12(20-13)8-21-9-4-2-1-3-5-9/h1-5,18H,6-8H2. The quantitative estimate of drug-likeness (QED) is 0.945. The summed E-state index contributed by atoms with van der Waals surface area (Å²) in [6.07, 6.45) is -4.49. The highest BCUT2D eigenvalue weighted by Gasteiger charge is 2.38. The fraction of sp³-hybridized carbons (Fsp3) is 0.286. The first-order valence-electron chi connectivity index (χ1n) is 6.38. The molecule has 0 unspecified atom stereocenters. The van der Waals surface area contributed by atoms with Crippen LogP contribution in [0.5, 0.6) is 5.75 Å². The van der Waals surface area contributed by atoms with E-state index in [-0.39, 0.29) is 24.5 Å². The van der Waals surface area contributed by atoms with Crippen molar-refractivity contribution in [3.63, 3.8) is 0 Å². The van der Waals surface area contributed by atoms with Crippen LogP contribution in [0, 0.1) is 0 Å². The van der Waals surface area contributed by atoms with Crippen molar-refractivity contribution in [2.45, 2.75) is 25.9 Å². The first-order valence-corrected chi connectivity index (χ1v) is 6.38. The van der Waals surface area contributed by atoms with Gasteiger partial charge in [0, 0.05) is 18.7 Å². The molecule has 2 heterocycles. The highest BCUT2D eigenvalue weighted by molar-refractivity contribution is 5.31. The molecule has 4 nitrogen and oxygen atoms in total. The number of benzene rings is 1. The van der Waals surface area contributed by atoms with Crippen LogP contribution >= 0.6 is 0 Å². The van der Waals surface area contributed by atoms with Gasteiger partial charge in [-0.3, -0.25) is 0 Å². The number of alkyl halides is 3. The Morgan fingerprint density at radius 2 is 1.86 bits per heavy atom. The van der Waals surface area contributed by atoms with Gasteiger partial charge in [0.25, 0.3) is 0 Å². The molecule has 110 valence electrons. The first-order chi connectivity index (χ1) is 10.0. The predicted octanol–water partition coefficient (Wildman–Crippen LogP) is 2.68. The third-order valence-electron chi connectivity index (χ3n) is 3.11. The second kappa shape index (κ2) is 5.33. The molecule has 0 atom stereocenters. The minimum Gasteiger partial charge on any atom is -0.486 e. The van der Waals surface area contributed by atoms with Gasteiger partial charge in [0.05, 0.1) is 5.69 Å². The van der Waals surface area contributed by atoms with Crippen LogP contribution in [-0.4, -0.2) is 9.97 Å². The smallest absolute Gasteiger partial charge is 0.433 e. The van der Waals surface area contributed by atoms with Crippen molar-refractivity contribution in [1.82, 2.24) is 15.3 Å². The number of nitrogens with zero attached hydrogens (tertiary/aromatic N) is 2. The van der Waals surface area contributed by atoms with Crippen LogP contribution in [0.1, 0.15) is 22.8 Å². The summed E-state index contributed by atoms with van der Waals surface area (Å²) in [6.45, 7) is 0.365. The summed E-state index contributed by atoms with van der Waals surface area (Å²) >= 11 is 0. The second-order valence-corrected chi connectivity index (χ2v) is 4.62. The van der Waals surface area contributed by atoms with Crippen LogP contribution in [-0.2, 0) is 25.9 Å². The highest BCUT2D eigenvalue weighted by atomic mass is 19.4. The second-order valence-electron chi connectivity index (χ2n) is 4.62. The van der Waals surface area contributed by atoms with Crippen LogP contribution in [0.4, 0.5) is 13.2 Å². The van der Waals surface area contributed by atoms with Crippen LogP contribution in [0.3, 0.4) is 0 Å². The van der Waals surface area contributed by atoms with Gasteiger partial charge >= 0.3 is 6.18 Å².